The molecule has 2 N–H and O–H groups in total. The van der Waals surface area contributed by atoms with Gasteiger partial charge in [0.2, 0.25) is 0 Å². The van der Waals surface area contributed by atoms with Crippen LogP contribution in [0.5, 0.6) is 0 Å². The first-order chi connectivity index (χ1) is 22.4. The lowest BCUT2D eigenvalue weighted by atomic mass is 9.36. The van der Waals surface area contributed by atoms with Gasteiger partial charge in [0.05, 0.1) is 30.1 Å². The molecule has 0 radical (unpaired) electrons. The minimum Gasteiger partial charge on any atom is -0.481 e. The number of fused-ring (bicyclic) bond motifs is 7. The van der Waals surface area contributed by atoms with Gasteiger partial charge in [0.1, 0.15) is 6.10 Å². The molecule has 1 aromatic heterocycles. The van der Waals surface area contributed by atoms with Gasteiger partial charge in [0.15, 0.2) is 5.78 Å². The fourth-order valence-corrected chi connectivity index (χ4v) is 12.3. The first kappa shape index (κ1) is 36.8. The van der Waals surface area contributed by atoms with Crippen LogP contribution in [-0.2, 0) is 21.4 Å². The van der Waals surface area contributed by atoms with Gasteiger partial charge >= 0.3 is 11.9 Å². The summed E-state index contributed by atoms with van der Waals surface area (Å²) in [5, 5.41) is 17.6. The number of Topliss-reactive ketones (excluding diaryl/α,β-unsaturated/α-hetero) is 1. The average molecular weight is 666 g/mol. The Morgan fingerprint density at radius 2 is 1.69 bits per heavy atom. The second kappa shape index (κ2) is 13.3. The number of nitrogens with one attached hydrogen (secondary N) is 1. The van der Waals surface area contributed by atoms with Gasteiger partial charge in [-0.2, -0.15) is 5.10 Å². The van der Waals surface area contributed by atoms with Gasteiger partial charge in [0.25, 0.3) is 0 Å². The van der Waals surface area contributed by atoms with Gasteiger partial charge < -0.3 is 15.2 Å². The number of ketones is 1. The van der Waals surface area contributed by atoms with E-state index in [1.54, 1.807) is 30.8 Å². The number of aliphatic carboxylic acids is 1. The van der Waals surface area contributed by atoms with Crippen LogP contribution in [0.2, 0.25) is 0 Å². The van der Waals surface area contributed by atoms with Crippen molar-refractivity contribution in [3.05, 3.63) is 30.6 Å². The molecule has 1 heterocycles. The Kier molecular flexibility index (Phi) is 10.2. The molecule has 0 amide bonds. The molecule has 9 unspecified atom stereocenters. The highest BCUT2D eigenvalue weighted by molar-refractivity contribution is 5.97. The molecule has 0 saturated heterocycles. The minimum atomic E-state index is -1.13. The van der Waals surface area contributed by atoms with Gasteiger partial charge in [-0.15, -0.1) is 6.58 Å². The smallest absolute Gasteiger partial charge is 0.309 e. The molecule has 5 aliphatic carbocycles. The summed E-state index contributed by atoms with van der Waals surface area (Å²) in [6.45, 7) is 18.6. The largest absolute Gasteiger partial charge is 0.481 e. The number of carbonyl (C=O) groups is 3. The number of hydrogen-bond acceptors (Lipinski definition) is 6. The number of carboxylic acids is 1. The van der Waals surface area contributed by atoms with Crippen molar-refractivity contribution in [3.63, 3.8) is 0 Å². The molecular formula is C40H63N3O5. The van der Waals surface area contributed by atoms with E-state index in [4.69, 9.17) is 4.74 Å². The molecule has 6 rings (SSSR count). The molecule has 5 aliphatic rings. The third-order valence-electron chi connectivity index (χ3n) is 14.5. The molecule has 8 heteroatoms. The summed E-state index contributed by atoms with van der Waals surface area (Å²) in [5.74, 6) is 1.98. The van der Waals surface area contributed by atoms with E-state index in [1.165, 1.54) is 44.9 Å². The monoisotopic (exact) mass is 665 g/mol. The second-order valence-electron chi connectivity index (χ2n) is 18.0. The number of aromatic nitrogens is 2. The highest BCUT2D eigenvalue weighted by atomic mass is 16.5. The number of carboxylic acid groups (broad SMARTS) is 1. The van der Waals surface area contributed by atoms with E-state index in [0.717, 1.165) is 31.6 Å². The van der Waals surface area contributed by atoms with Crippen LogP contribution in [0.15, 0.2) is 25.0 Å². The lowest BCUT2D eigenvalue weighted by Crippen LogP contribution is -2.65. The molecule has 268 valence electrons. The van der Waals surface area contributed by atoms with Gasteiger partial charge in [-0.1, -0.05) is 40.2 Å². The zero-order chi connectivity index (χ0) is 35.3. The number of rotatable bonds is 8. The van der Waals surface area contributed by atoms with E-state index in [0.29, 0.717) is 41.2 Å². The van der Waals surface area contributed by atoms with Crippen LogP contribution in [0.1, 0.15) is 136 Å². The van der Waals surface area contributed by atoms with Crippen LogP contribution in [0.3, 0.4) is 0 Å². The van der Waals surface area contributed by atoms with Crippen molar-refractivity contribution in [2.45, 2.75) is 137 Å². The summed E-state index contributed by atoms with van der Waals surface area (Å²) >= 11 is 0. The number of aryl methyl sites for hydroxylation is 1. The minimum absolute atomic E-state index is 0.0858. The fraction of sp³-hybridized carbons (Fsp3) is 0.800. The first-order valence-corrected chi connectivity index (χ1v) is 18.7. The summed E-state index contributed by atoms with van der Waals surface area (Å²) in [6.07, 6.45) is 17.9. The summed E-state index contributed by atoms with van der Waals surface area (Å²) in [6, 6.07) is 0. The molecule has 5 fully saturated rings. The fourth-order valence-electron chi connectivity index (χ4n) is 12.3. The zero-order valence-corrected chi connectivity index (χ0v) is 31.1. The Labute approximate surface area is 289 Å². The van der Waals surface area contributed by atoms with Crippen LogP contribution < -0.4 is 5.32 Å². The molecule has 8 nitrogen and oxygen atoms in total. The van der Waals surface area contributed by atoms with E-state index >= 15 is 0 Å². The van der Waals surface area contributed by atoms with Crippen molar-refractivity contribution in [2.75, 3.05) is 6.54 Å². The predicted molar refractivity (Wildman–Crippen MR) is 188 cm³/mol. The number of ether oxygens (including phenoxy) is 1. The molecule has 0 spiro atoms. The zero-order valence-electron chi connectivity index (χ0n) is 31.1. The molecule has 0 aromatic carbocycles. The standard InChI is InChI=1S/C37H57N3O5.C3H6/c1-33(2,32(43)44)19-31(42)45-30-14-17-36(6)28(34(30,3)4)13-16-35(5)25-12-18-37(38-21-27(41)23-20-39-40(7)22-23)15-8-9-26(37)24(25)10-11-29(35)36;1-3-2/h20,22,24-26,28-30,38H,8-19,21H2,1-7H3,(H,43,44);3H,1H2,2H3. The molecule has 48 heavy (non-hydrogen) atoms. The van der Waals surface area contributed by atoms with Crippen molar-refractivity contribution in [3.8, 4) is 0 Å². The summed E-state index contributed by atoms with van der Waals surface area (Å²) < 4.78 is 7.82. The molecule has 9 atom stereocenters. The SMILES string of the molecule is C=CC.Cn1cc(C(=O)CNC23CCCC2C2CCC4C(C)(CCC5C(C)(C)C(OC(=O)CC(C)(C)C(=O)O)CCC54C)C2CC3)cn1. The Hall–Kier alpha value is -2.48. The van der Waals surface area contributed by atoms with Gasteiger partial charge in [-0.05, 0) is 125 Å². The number of hydrogen-bond donors (Lipinski definition) is 2. The van der Waals surface area contributed by atoms with Gasteiger partial charge in [0, 0.05) is 24.2 Å². The maximum atomic E-state index is 13.0. The lowest BCUT2D eigenvalue weighted by molar-refractivity contribution is -0.220. The highest BCUT2D eigenvalue weighted by Gasteiger charge is 2.66. The second-order valence-corrected chi connectivity index (χ2v) is 18.0. The van der Waals surface area contributed by atoms with Crippen LogP contribution >= 0.6 is 0 Å². The van der Waals surface area contributed by atoms with E-state index in [2.05, 4.69) is 44.7 Å². The maximum absolute atomic E-state index is 13.0. The van der Waals surface area contributed by atoms with E-state index in [1.807, 2.05) is 20.2 Å². The maximum Gasteiger partial charge on any atom is 0.309 e. The quantitative estimate of drug-likeness (QED) is 0.164. The topological polar surface area (TPSA) is 111 Å². The normalized spacial score (nSPS) is 38.2. The highest BCUT2D eigenvalue weighted by Crippen LogP contribution is 2.72. The Morgan fingerprint density at radius 3 is 2.33 bits per heavy atom. The first-order valence-electron chi connectivity index (χ1n) is 18.7. The van der Waals surface area contributed by atoms with Crippen LogP contribution in [0.25, 0.3) is 0 Å². The molecule has 0 aliphatic heterocycles. The van der Waals surface area contributed by atoms with Crippen molar-refractivity contribution in [1.29, 1.82) is 0 Å². The van der Waals surface area contributed by atoms with Crippen LogP contribution in [0.4, 0.5) is 0 Å². The van der Waals surface area contributed by atoms with E-state index < -0.39 is 11.4 Å². The molecule has 0 bridgehead atoms. The Balaban J connectivity index is 0.00000145. The van der Waals surface area contributed by atoms with E-state index in [9.17, 15) is 19.5 Å². The summed E-state index contributed by atoms with van der Waals surface area (Å²) in [4.78, 5) is 37.6. The van der Waals surface area contributed by atoms with Gasteiger partial charge in [-0.25, -0.2) is 0 Å². The lowest BCUT2D eigenvalue weighted by Gasteiger charge is -2.69. The van der Waals surface area contributed by atoms with Crippen LogP contribution in [-0.4, -0.2) is 50.8 Å². The average Bonchev–Trinajstić information content (AvgIpc) is 3.64. The summed E-state index contributed by atoms with van der Waals surface area (Å²) in [7, 11) is 1.86. The predicted octanol–water partition coefficient (Wildman–Crippen LogP) is 8.02. The molecule has 5 saturated carbocycles. The number of carbonyl (C=O) groups excluding carboxylic acids is 2. The van der Waals surface area contributed by atoms with Crippen molar-refractivity contribution in [2.24, 2.45) is 58.3 Å². The Morgan fingerprint density at radius 1 is 1.00 bits per heavy atom. The number of nitrogens with zero attached hydrogens (tertiary/aromatic N) is 2. The summed E-state index contributed by atoms with van der Waals surface area (Å²) in [5.41, 5.74) is -0.00627. The van der Waals surface area contributed by atoms with Gasteiger partial charge in [-0.3, -0.25) is 19.1 Å². The molecular weight excluding hydrogens is 602 g/mol. The number of allylic oxidation sites excluding steroid dienone is 1. The third-order valence-corrected chi connectivity index (χ3v) is 14.5. The van der Waals surface area contributed by atoms with Crippen molar-refractivity contribution >= 4 is 17.7 Å². The van der Waals surface area contributed by atoms with Crippen molar-refractivity contribution < 1.29 is 24.2 Å². The van der Waals surface area contributed by atoms with Crippen LogP contribution in [0, 0.1) is 51.2 Å². The molecule has 1 aromatic rings. The Bertz CT molecular complexity index is 1380. The number of esters is 1. The van der Waals surface area contributed by atoms with E-state index in [-0.39, 0.29) is 40.6 Å². The van der Waals surface area contributed by atoms with Crippen molar-refractivity contribution in [1.82, 2.24) is 15.1 Å². The third kappa shape index (κ3) is 6.33.